The fourth-order valence-corrected chi connectivity index (χ4v) is 7.51. The summed E-state index contributed by atoms with van der Waals surface area (Å²) < 4.78 is 6.26. The Labute approximate surface area is 326 Å². The third kappa shape index (κ3) is 11.6. The van der Waals surface area contributed by atoms with Gasteiger partial charge in [0.15, 0.2) is 6.10 Å². The standard InChI is InChI=1S/C40H53ClN4O8S/c1-26(47)43-17-4-5-19-45(39(52)38(51)37(50)36(49)34(48)25-46)20-6-7-21-54-29-12-13-33(41)27(22-29)23-44-40(15-16-40)32-24-42-18-14-30(32)31-8-2-3-9-35(31)53-28-10-11-28/h2-3,8-9,12-14,18,22,24,28,34,36-38,44,46,48-51H,4-7,10-11,15-17,19-21,23,25H2,1H3,(H,43,47). The molecular formula is C40H53ClN4O8S. The number of hydrogen-bond acceptors (Lipinski definition) is 11. The summed E-state index contributed by atoms with van der Waals surface area (Å²) in [5, 5.41) is 56.9. The van der Waals surface area contributed by atoms with Gasteiger partial charge in [0.2, 0.25) is 5.91 Å². The van der Waals surface area contributed by atoms with Crippen LogP contribution in [0.1, 0.15) is 69.4 Å². The zero-order chi connectivity index (χ0) is 38.7. The molecule has 0 saturated heterocycles. The third-order valence-electron chi connectivity index (χ3n) is 9.86. The van der Waals surface area contributed by atoms with Crippen molar-refractivity contribution in [2.24, 2.45) is 0 Å². The topological polar surface area (TPSA) is 185 Å². The molecule has 54 heavy (non-hydrogen) atoms. The van der Waals surface area contributed by atoms with Crippen molar-refractivity contribution in [3.05, 3.63) is 77.1 Å². The summed E-state index contributed by atoms with van der Waals surface area (Å²) in [6.07, 6.45) is 3.18. The fourth-order valence-electron chi connectivity index (χ4n) is 6.35. The number of aliphatic hydroxyl groups is 5. The van der Waals surface area contributed by atoms with Gasteiger partial charge < -0.3 is 45.8 Å². The number of halogens is 1. The summed E-state index contributed by atoms with van der Waals surface area (Å²) in [7, 11) is 0. The van der Waals surface area contributed by atoms with Gasteiger partial charge in [-0.25, -0.2) is 0 Å². The number of aromatic nitrogens is 1. The van der Waals surface area contributed by atoms with E-state index >= 15 is 0 Å². The van der Waals surface area contributed by atoms with E-state index in [4.69, 9.17) is 21.4 Å². The molecule has 0 bridgehead atoms. The van der Waals surface area contributed by atoms with E-state index in [1.54, 1.807) is 11.8 Å². The second kappa shape index (κ2) is 20.1. The minimum absolute atomic E-state index is 0.151. The number of aliphatic hydroxyl groups excluding tert-OH is 5. The third-order valence-corrected chi connectivity index (χ3v) is 11.3. The molecule has 14 heteroatoms. The van der Waals surface area contributed by atoms with Crippen LogP contribution in [-0.4, -0.2) is 110 Å². The lowest BCUT2D eigenvalue weighted by Gasteiger charge is -2.30. The second-order valence-corrected chi connectivity index (χ2v) is 15.7. The van der Waals surface area contributed by atoms with Gasteiger partial charge in [0.25, 0.3) is 5.91 Å². The zero-order valence-electron chi connectivity index (χ0n) is 30.7. The number of para-hydroxylation sites is 1. The Bertz CT molecular complexity index is 1690. The maximum atomic E-state index is 13.2. The van der Waals surface area contributed by atoms with Crippen molar-refractivity contribution in [3.8, 4) is 16.9 Å². The number of carbonyl (C=O) groups is 2. The highest BCUT2D eigenvalue weighted by molar-refractivity contribution is 7.99. The number of rotatable bonds is 23. The van der Waals surface area contributed by atoms with E-state index < -0.39 is 36.9 Å². The number of ether oxygens (including phenoxy) is 1. The van der Waals surface area contributed by atoms with Gasteiger partial charge in [0, 0.05) is 66.5 Å². The fraction of sp³-hybridized carbons (Fsp3) is 0.525. The van der Waals surface area contributed by atoms with Gasteiger partial charge >= 0.3 is 0 Å². The Morgan fingerprint density at radius 3 is 2.44 bits per heavy atom. The first-order valence-corrected chi connectivity index (χ1v) is 20.1. The molecule has 4 atom stereocenters. The Kier molecular flexibility index (Phi) is 15.6. The van der Waals surface area contributed by atoms with Crippen LogP contribution in [0.4, 0.5) is 0 Å². The SMILES string of the molecule is CC(=O)NCCCCN(CCCCSc1ccc(Cl)c(CNC2(c3cnccc3-c3ccccc3OC3CC3)CC2)c1)C(=O)C(O)C(O)C(O)C(O)CO. The highest BCUT2D eigenvalue weighted by atomic mass is 35.5. The number of nitrogens with one attached hydrogen (secondary N) is 2. The van der Waals surface area contributed by atoms with Gasteiger partial charge in [-0.2, -0.15) is 0 Å². The van der Waals surface area contributed by atoms with Crippen molar-refractivity contribution < 1.29 is 39.9 Å². The van der Waals surface area contributed by atoms with Gasteiger partial charge in [-0.05, 0) is 104 Å². The van der Waals surface area contributed by atoms with Gasteiger partial charge in [-0.3, -0.25) is 14.6 Å². The van der Waals surface area contributed by atoms with Crippen molar-refractivity contribution in [1.29, 1.82) is 0 Å². The van der Waals surface area contributed by atoms with Crippen LogP contribution in [0.25, 0.3) is 11.1 Å². The molecule has 4 unspecified atom stereocenters. The molecule has 2 aliphatic rings. The normalized spacial score (nSPS) is 16.9. The van der Waals surface area contributed by atoms with Gasteiger partial charge in [-0.1, -0.05) is 29.8 Å². The molecule has 5 rings (SSSR count). The second-order valence-electron chi connectivity index (χ2n) is 14.2. The molecule has 294 valence electrons. The number of benzene rings is 2. The molecule has 12 nitrogen and oxygen atoms in total. The number of thioether (sulfide) groups is 1. The van der Waals surface area contributed by atoms with E-state index in [1.165, 1.54) is 11.8 Å². The minimum Gasteiger partial charge on any atom is -0.490 e. The van der Waals surface area contributed by atoms with E-state index in [0.29, 0.717) is 50.0 Å². The smallest absolute Gasteiger partial charge is 0.254 e. The quantitative estimate of drug-likeness (QED) is 0.0549. The van der Waals surface area contributed by atoms with Crippen LogP contribution in [0.3, 0.4) is 0 Å². The molecule has 2 fully saturated rings. The van der Waals surface area contributed by atoms with Crippen LogP contribution < -0.4 is 15.4 Å². The number of carbonyl (C=O) groups excluding carboxylic acids is 2. The Balaban J connectivity index is 1.15. The lowest BCUT2D eigenvalue weighted by Crippen LogP contribution is -2.53. The van der Waals surface area contributed by atoms with Crippen molar-refractivity contribution in [2.75, 3.05) is 32.0 Å². The molecule has 3 aromatic rings. The number of amides is 2. The van der Waals surface area contributed by atoms with Crippen LogP contribution in [0.15, 0.2) is 65.8 Å². The monoisotopic (exact) mass is 784 g/mol. The maximum Gasteiger partial charge on any atom is 0.254 e. The van der Waals surface area contributed by atoms with Crippen molar-refractivity contribution in [1.82, 2.24) is 20.5 Å². The van der Waals surface area contributed by atoms with Crippen LogP contribution in [0.2, 0.25) is 5.02 Å². The average molecular weight is 785 g/mol. The molecule has 0 aliphatic heterocycles. The Hall–Kier alpha value is -3.27. The summed E-state index contributed by atoms with van der Waals surface area (Å²) in [5.74, 6) is 0.731. The largest absolute Gasteiger partial charge is 0.490 e. The predicted octanol–water partition coefficient (Wildman–Crippen LogP) is 3.78. The van der Waals surface area contributed by atoms with Crippen molar-refractivity contribution in [3.63, 3.8) is 0 Å². The molecule has 2 aliphatic carbocycles. The summed E-state index contributed by atoms with van der Waals surface area (Å²) in [4.78, 5) is 31.4. The number of nitrogens with zero attached hydrogens (tertiary/aromatic N) is 2. The van der Waals surface area contributed by atoms with Gasteiger partial charge in [0.1, 0.15) is 24.1 Å². The molecule has 1 heterocycles. The molecule has 2 amide bonds. The Morgan fingerprint density at radius 1 is 1.00 bits per heavy atom. The van der Waals surface area contributed by atoms with Crippen LogP contribution in [0.5, 0.6) is 5.75 Å². The zero-order valence-corrected chi connectivity index (χ0v) is 32.3. The highest BCUT2D eigenvalue weighted by Gasteiger charge is 2.46. The van der Waals surface area contributed by atoms with Crippen LogP contribution in [-0.2, 0) is 21.7 Å². The lowest BCUT2D eigenvalue weighted by molar-refractivity contribution is -0.158. The maximum absolute atomic E-state index is 13.2. The molecule has 1 aromatic heterocycles. The predicted molar refractivity (Wildman–Crippen MR) is 208 cm³/mol. The Morgan fingerprint density at radius 2 is 1.74 bits per heavy atom. The summed E-state index contributed by atoms with van der Waals surface area (Å²) >= 11 is 8.38. The lowest BCUT2D eigenvalue weighted by atomic mass is 9.94. The molecule has 7 N–H and O–H groups in total. The first kappa shape index (κ1) is 41.9. The molecule has 0 radical (unpaired) electrons. The number of pyridine rings is 1. The van der Waals surface area contributed by atoms with Gasteiger partial charge in [0.05, 0.1) is 12.7 Å². The van der Waals surface area contributed by atoms with Gasteiger partial charge in [-0.15, -0.1) is 11.8 Å². The molecular weight excluding hydrogens is 732 g/mol. The molecule has 2 saturated carbocycles. The van der Waals surface area contributed by atoms with Crippen LogP contribution in [0, 0.1) is 0 Å². The molecule has 0 spiro atoms. The molecule has 2 aromatic carbocycles. The average Bonchev–Trinajstić information content (AvgIpc) is 4.13. The number of hydrogen-bond donors (Lipinski definition) is 7. The van der Waals surface area contributed by atoms with E-state index in [1.807, 2.05) is 42.7 Å². The van der Waals surface area contributed by atoms with Crippen molar-refractivity contribution in [2.45, 2.75) is 106 Å². The summed E-state index contributed by atoms with van der Waals surface area (Å²) in [6, 6.07) is 16.3. The van der Waals surface area contributed by atoms with Crippen LogP contribution >= 0.6 is 23.4 Å². The summed E-state index contributed by atoms with van der Waals surface area (Å²) in [6.45, 7) is 2.18. The van der Waals surface area contributed by atoms with E-state index in [9.17, 15) is 30.0 Å². The first-order valence-electron chi connectivity index (χ1n) is 18.8. The van der Waals surface area contributed by atoms with E-state index in [0.717, 1.165) is 70.8 Å². The van der Waals surface area contributed by atoms with E-state index in [-0.39, 0.29) is 18.0 Å². The minimum atomic E-state index is -1.98. The highest BCUT2D eigenvalue weighted by Crippen LogP contribution is 2.50. The summed E-state index contributed by atoms with van der Waals surface area (Å²) in [5.41, 5.74) is 4.13. The number of unbranched alkanes of at least 4 members (excludes halogenated alkanes) is 2. The van der Waals surface area contributed by atoms with Crippen molar-refractivity contribution >= 4 is 35.2 Å². The first-order chi connectivity index (χ1) is 26.0. The van der Waals surface area contributed by atoms with E-state index in [2.05, 4.69) is 33.8 Å².